The van der Waals surface area contributed by atoms with E-state index in [1.165, 1.54) is 0 Å². The lowest BCUT2D eigenvalue weighted by atomic mass is 10.2. The van der Waals surface area contributed by atoms with Gasteiger partial charge in [-0.2, -0.15) is 5.26 Å². The molecule has 0 spiro atoms. The number of nitriles is 1. The Labute approximate surface area is 124 Å². The van der Waals surface area contributed by atoms with Gasteiger partial charge in [-0.05, 0) is 29.8 Å². The molecular weight excluding hydrogens is 266 g/mol. The molecule has 0 heterocycles. The molecule has 0 aliphatic carbocycles. The van der Waals surface area contributed by atoms with Crippen LogP contribution in [0.3, 0.4) is 0 Å². The van der Waals surface area contributed by atoms with Crippen molar-refractivity contribution in [1.82, 2.24) is 0 Å². The van der Waals surface area contributed by atoms with Crippen LogP contribution in [0.1, 0.15) is 11.1 Å². The third kappa shape index (κ3) is 4.51. The zero-order valence-electron chi connectivity index (χ0n) is 11.9. The van der Waals surface area contributed by atoms with Crippen LogP contribution in [0.25, 0.3) is 0 Å². The summed E-state index contributed by atoms with van der Waals surface area (Å²) in [4.78, 5) is 0. The molecule has 4 heteroatoms. The number of nitrogens with zero attached hydrogens (tertiary/aromatic N) is 1. The average Bonchev–Trinajstić information content (AvgIpc) is 2.55. The van der Waals surface area contributed by atoms with Gasteiger partial charge in [-0.1, -0.05) is 24.3 Å². The fourth-order valence-corrected chi connectivity index (χ4v) is 1.81. The minimum atomic E-state index is 0.412. The first kappa shape index (κ1) is 14.9. The summed E-state index contributed by atoms with van der Waals surface area (Å²) in [5.41, 5.74) is 1.61. The van der Waals surface area contributed by atoms with Crippen molar-refractivity contribution in [2.45, 2.75) is 6.61 Å². The van der Waals surface area contributed by atoms with Crippen LogP contribution in [0.15, 0.2) is 48.5 Å². The first-order valence-corrected chi connectivity index (χ1v) is 6.66. The second-order valence-electron chi connectivity index (χ2n) is 4.36. The molecule has 4 nitrogen and oxygen atoms in total. The molecule has 0 aliphatic heterocycles. The summed E-state index contributed by atoms with van der Waals surface area (Å²) >= 11 is 0. The lowest BCUT2D eigenvalue weighted by Gasteiger charge is -2.08. The molecule has 0 fully saturated rings. The van der Waals surface area contributed by atoms with E-state index in [-0.39, 0.29) is 0 Å². The van der Waals surface area contributed by atoms with E-state index in [0.717, 1.165) is 11.3 Å². The van der Waals surface area contributed by atoms with Gasteiger partial charge in [-0.25, -0.2) is 0 Å². The van der Waals surface area contributed by atoms with E-state index < -0.39 is 0 Å². The number of ether oxygens (including phenoxy) is 3. The van der Waals surface area contributed by atoms with Crippen molar-refractivity contribution in [3.05, 3.63) is 59.7 Å². The molecule has 2 aromatic carbocycles. The summed E-state index contributed by atoms with van der Waals surface area (Å²) in [6, 6.07) is 17.0. The largest absolute Gasteiger partial charge is 0.497 e. The van der Waals surface area contributed by atoms with Crippen LogP contribution in [0.5, 0.6) is 11.5 Å². The van der Waals surface area contributed by atoms with E-state index in [9.17, 15) is 0 Å². The third-order valence-corrected chi connectivity index (χ3v) is 2.92. The second kappa shape index (κ2) is 7.93. The van der Waals surface area contributed by atoms with Crippen molar-refractivity contribution < 1.29 is 14.2 Å². The highest BCUT2D eigenvalue weighted by molar-refractivity contribution is 5.42. The predicted octanol–water partition coefficient (Wildman–Crippen LogP) is 3.16. The van der Waals surface area contributed by atoms with Crippen molar-refractivity contribution in [2.24, 2.45) is 0 Å². The van der Waals surface area contributed by atoms with Gasteiger partial charge >= 0.3 is 0 Å². The summed E-state index contributed by atoms with van der Waals surface area (Å²) in [5, 5.41) is 8.94. The molecule has 0 N–H and O–H groups in total. The minimum absolute atomic E-state index is 0.412. The Morgan fingerprint density at radius 3 is 2.48 bits per heavy atom. The number of methoxy groups -OCH3 is 1. The fourth-order valence-electron chi connectivity index (χ4n) is 1.81. The van der Waals surface area contributed by atoms with Crippen molar-refractivity contribution in [1.29, 1.82) is 5.26 Å². The van der Waals surface area contributed by atoms with E-state index in [0.29, 0.717) is 31.1 Å². The first-order valence-electron chi connectivity index (χ1n) is 6.66. The standard InChI is InChI=1S/C17H17NO3/c1-19-16-8-6-14(7-9-16)13-20-10-11-21-17-5-3-2-4-15(17)12-18/h2-9H,10-11,13H2,1H3. The van der Waals surface area contributed by atoms with E-state index in [4.69, 9.17) is 19.5 Å². The molecular formula is C17H17NO3. The minimum Gasteiger partial charge on any atom is -0.497 e. The summed E-state index contributed by atoms with van der Waals surface area (Å²) in [5.74, 6) is 1.42. The molecule has 108 valence electrons. The van der Waals surface area contributed by atoms with E-state index >= 15 is 0 Å². The highest BCUT2D eigenvalue weighted by atomic mass is 16.5. The smallest absolute Gasteiger partial charge is 0.137 e. The first-order chi connectivity index (χ1) is 10.3. The Morgan fingerprint density at radius 1 is 1.00 bits per heavy atom. The molecule has 2 rings (SSSR count). The van der Waals surface area contributed by atoms with Crippen LogP contribution in [0, 0.1) is 11.3 Å². The van der Waals surface area contributed by atoms with Gasteiger partial charge in [0.05, 0.1) is 25.9 Å². The Morgan fingerprint density at radius 2 is 1.76 bits per heavy atom. The number of hydrogen-bond donors (Lipinski definition) is 0. The highest BCUT2D eigenvalue weighted by Crippen LogP contribution is 2.16. The second-order valence-corrected chi connectivity index (χ2v) is 4.36. The Balaban J connectivity index is 1.71. The molecule has 0 aromatic heterocycles. The normalized spacial score (nSPS) is 9.90. The molecule has 0 unspecified atom stereocenters. The fraction of sp³-hybridized carbons (Fsp3) is 0.235. The van der Waals surface area contributed by atoms with Gasteiger partial charge in [0.25, 0.3) is 0 Å². The molecule has 2 aromatic rings. The Kier molecular flexibility index (Phi) is 5.62. The number of hydrogen-bond acceptors (Lipinski definition) is 4. The summed E-state index contributed by atoms with van der Waals surface area (Å²) in [7, 11) is 1.64. The Hall–Kier alpha value is -2.51. The highest BCUT2D eigenvalue weighted by Gasteiger charge is 2.01. The molecule has 0 atom stereocenters. The quantitative estimate of drug-likeness (QED) is 0.732. The van der Waals surface area contributed by atoms with Crippen LogP contribution < -0.4 is 9.47 Å². The molecule has 0 saturated heterocycles. The van der Waals surface area contributed by atoms with Gasteiger partial charge in [-0.3, -0.25) is 0 Å². The summed E-state index contributed by atoms with van der Waals surface area (Å²) in [6.07, 6.45) is 0. The van der Waals surface area contributed by atoms with Crippen LogP contribution in [0.4, 0.5) is 0 Å². The van der Waals surface area contributed by atoms with Crippen LogP contribution >= 0.6 is 0 Å². The van der Waals surface area contributed by atoms with E-state index in [2.05, 4.69) is 6.07 Å². The maximum Gasteiger partial charge on any atom is 0.137 e. The molecule has 0 aliphatic rings. The van der Waals surface area contributed by atoms with Crippen LogP contribution in [-0.2, 0) is 11.3 Å². The van der Waals surface area contributed by atoms with E-state index in [1.54, 1.807) is 19.2 Å². The molecule has 0 amide bonds. The predicted molar refractivity (Wildman–Crippen MR) is 79.3 cm³/mol. The van der Waals surface area contributed by atoms with Gasteiger partial charge in [-0.15, -0.1) is 0 Å². The molecule has 0 radical (unpaired) electrons. The third-order valence-electron chi connectivity index (χ3n) is 2.92. The lowest BCUT2D eigenvalue weighted by Crippen LogP contribution is -2.07. The van der Waals surface area contributed by atoms with Crippen molar-refractivity contribution >= 4 is 0 Å². The summed E-state index contributed by atoms with van der Waals surface area (Å²) < 4.78 is 16.2. The summed E-state index contributed by atoms with van der Waals surface area (Å²) in [6.45, 7) is 1.40. The molecule has 21 heavy (non-hydrogen) atoms. The van der Waals surface area contributed by atoms with Gasteiger partial charge in [0.2, 0.25) is 0 Å². The van der Waals surface area contributed by atoms with Crippen LogP contribution in [-0.4, -0.2) is 20.3 Å². The topological polar surface area (TPSA) is 51.5 Å². The number of rotatable bonds is 7. The SMILES string of the molecule is COc1ccc(COCCOc2ccccc2C#N)cc1. The van der Waals surface area contributed by atoms with Crippen molar-refractivity contribution in [2.75, 3.05) is 20.3 Å². The van der Waals surface area contributed by atoms with Gasteiger partial charge in [0, 0.05) is 0 Å². The Bertz CT molecular complexity index is 602. The maximum atomic E-state index is 8.94. The maximum absolute atomic E-state index is 8.94. The average molecular weight is 283 g/mol. The molecule has 0 saturated carbocycles. The monoisotopic (exact) mass is 283 g/mol. The van der Waals surface area contributed by atoms with Gasteiger partial charge < -0.3 is 14.2 Å². The van der Waals surface area contributed by atoms with Crippen molar-refractivity contribution in [3.63, 3.8) is 0 Å². The van der Waals surface area contributed by atoms with E-state index in [1.807, 2.05) is 36.4 Å². The van der Waals surface area contributed by atoms with Crippen molar-refractivity contribution in [3.8, 4) is 17.6 Å². The van der Waals surface area contributed by atoms with Gasteiger partial charge in [0.15, 0.2) is 0 Å². The zero-order chi connectivity index (χ0) is 14.9. The zero-order valence-corrected chi connectivity index (χ0v) is 11.9. The molecule has 0 bridgehead atoms. The van der Waals surface area contributed by atoms with Crippen LogP contribution in [0.2, 0.25) is 0 Å². The lowest BCUT2D eigenvalue weighted by molar-refractivity contribution is 0.0888. The number of para-hydroxylation sites is 1. The van der Waals surface area contributed by atoms with Gasteiger partial charge in [0.1, 0.15) is 24.2 Å². The number of benzene rings is 2.